The summed E-state index contributed by atoms with van der Waals surface area (Å²) in [6, 6.07) is 10.5. The van der Waals surface area contributed by atoms with Gasteiger partial charge < -0.3 is 5.32 Å². The number of carbonyl (C=O) groups is 2. The first-order valence-corrected chi connectivity index (χ1v) is 9.86. The Kier molecular flexibility index (Phi) is 4.26. The minimum Gasteiger partial charge on any atom is -0.323 e. The Labute approximate surface area is 146 Å². The van der Waals surface area contributed by atoms with Crippen LogP contribution in [0.1, 0.15) is 37.3 Å². The van der Waals surface area contributed by atoms with E-state index < -0.39 is 5.54 Å². The fraction of sp³-hybridized carbons (Fsp3) is 0.556. The molecule has 0 saturated carbocycles. The van der Waals surface area contributed by atoms with Crippen molar-refractivity contribution < 1.29 is 9.59 Å². The molecule has 4 rings (SSSR count). The zero-order valence-electron chi connectivity index (χ0n) is 13.7. The van der Waals surface area contributed by atoms with Crippen LogP contribution in [-0.4, -0.2) is 52.0 Å². The molecule has 1 aromatic carbocycles. The number of amides is 3. The van der Waals surface area contributed by atoms with Crippen molar-refractivity contribution in [1.29, 1.82) is 0 Å². The summed E-state index contributed by atoms with van der Waals surface area (Å²) >= 11 is 1.86. The molecule has 1 unspecified atom stereocenters. The molecular formula is C18H23N3O2S. The summed E-state index contributed by atoms with van der Waals surface area (Å²) in [7, 11) is 0. The van der Waals surface area contributed by atoms with Crippen LogP contribution in [0.5, 0.6) is 0 Å². The van der Waals surface area contributed by atoms with Crippen LogP contribution in [0.2, 0.25) is 0 Å². The number of thioether (sulfide) groups is 1. The van der Waals surface area contributed by atoms with Gasteiger partial charge in [0.2, 0.25) is 0 Å². The molecule has 0 aromatic heterocycles. The van der Waals surface area contributed by atoms with Crippen molar-refractivity contribution >= 4 is 23.7 Å². The summed E-state index contributed by atoms with van der Waals surface area (Å²) in [5, 5.41) is 3.00. The molecule has 128 valence electrons. The van der Waals surface area contributed by atoms with Crippen molar-refractivity contribution in [3.63, 3.8) is 0 Å². The molecule has 3 aliphatic heterocycles. The Morgan fingerprint density at radius 1 is 1.17 bits per heavy atom. The monoisotopic (exact) mass is 345 g/mol. The third-order valence-electron chi connectivity index (χ3n) is 5.46. The average molecular weight is 345 g/mol. The molecule has 3 aliphatic rings. The van der Waals surface area contributed by atoms with Crippen LogP contribution in [0.25, 0.3) is 0 Å². The van der Waals surface area contributed by atoms with Crippen molar-refractivity contribution in [1.82, 2.24) is 15.1 Å². The van der Waals surface area contributed by atoms with E-state index in [0.717, 1.165) is 43.7 Å². The van der Waals surface area contributed by atoms with Gasteiger partial charge in [0.1, 0.15) is 5.54 Å². The van der Waals surface area contributed by atoms with Gasteiger partial charge in [-0.3, -0.25) is 9.69 Å². The number of hydrogen-bond acceptors (Lipinski definition) is 4. The van der Waals surface area contributed by atoms with Crippen LogP contribution in [0.3, 0.4) is 0 Å². The molecule has 3 saturated heterocycles. The summed E-state index contributed by atoms with van der Waals surface area (Å²) in [6.45, 7) is 1.33. The van der Waals surface area contributed by atoms with E-state index in [2.05, 4.69) is 22.3 Å². The minimum atomic E-state index is -0.635. The highest BCUT2D eigenvalue weighted by Crippen LogP contribution is 2.35. The molecule has 1 spiro atoms. The highest BCUT2D eigenvalue weighted by Gasteiger charge is 2.52. The van der Waals surface area contributed by atoms with Gasteiger partial charge in [-0.2, -0.15) is 11.8 Å². The molecule has 3 fully saturated rings. The van der Waals surface area contributed by atoms with Crippen molar-refractivity contribution in [2.45, 2.75) is 37.3 Å². The number of urea groups is 1. The van der Waals surface area contributed by atoms with Crippen molar-refractivity contribution in [2.24, 2.45) is 0 Å². The summed E-state index contributed by atoms with van der Waals surface area (Å²) < 4.78 is 0. The third-order valence-corrected chi connectivity index (χ3v) is 6.45. The molecule has 1 aromatic rings. The highest BCUT2D eigenvalue weighted by molar-refractivity contribution is 7.99. The molecule has 5 nitrogen and oxygen atoms in total. The van der Waals surface area contributed by atoms with Gasteiger partial charge in [-0.05, 0) is 42.8 Å². The molecule has 3 heterocycles. The average Bonchev–Trinajstić information content (AvgIpc) is 3.16. The smallest absolute Gasteiger partial charge is 0.323 e. The van der Waals surface area contributed by atoms with Gasteiger partial charge in [0.15, 0.2) is 0 Å². The lowest BCUT2D eigenvalue weighted by atomic mass is 9.92. The number of carbonyl (C=O) groups excluding carboxylic acids is 2. The predicted molar refractivity (Wildman–Crippen MR) is 94.7 cm³/mol. The first-order valence-electron chi connectivity index (χ1n) is 8.70. The molecule has 1 atom stereocenters. The predicted octanol–water partition coefficient (Wildman–Crippen LogP) is 2.60. The van der Waals surface area contributed by atoms with E-state index in [9.17, 15) is 9.59 Å². The van der Waals surface area contributed by atoms with E-state index in [1.807, 2.05) is 30.0 Å². The molecule has 24 heavy (non-hydrogen) atoms. The lowest BCUT2D eigenvalue weighted by molar-refractivity contribution is -0.133. The summed E-state index contributed by atoms with van der Waals surface area (Å²) in [5.41, 5.74) is 0.635. The molecule has 0 bridgehead atoms. The first-order chi connectivity index (χ1) is 11.7. The number of imide groups is 1. The second kappa shape index (κ2) is 6.41. The number of nitrogens with one attached hydrogen (secondary N) is 1. The Balaban J connectivity index is 1.50. The summed E-state index contributed by atoms with van der Waals surface area (Å²) in [6.07, 6.45) is 3.68. The Morgan fingerprint density at radius 3 is 2.67 bits per heavy atom. The number of nitrogens with zero attached hydrogens (tertiary/aromatic N) is 2. The second-order valence-electron chi connectivity index (χ2n) is 6.88. The van der Waals surface area contributed by atoms with Crippen molar-refractivity contribution in [3.8, 4) is 0 Å². The topological polar surface area (TPSA) is 52.7 Å². The molecular weight excluding hydrogens is 322 g/mol. The van der Waals surface area contributed by atoms with Gasteiger partial charge in [0.25, 0.3) is 5.91 Å². The highest BCUT2D eigenvalue weighted by atomic mass is 32.2. The van der Waals surface area contributed by atoms with E-state index in [4.69, 9.17) is 0 Å². The van der Waals surface area contributed by atoms with Crippen molar-refractivity contribution in [3.05, 3.63) is 35.9 Å². The number of rotatable bonds is 3. The third kappa shape index (κ3) is 2.71. The van der Waals surface area contributed by atoms with Gasteiger partial charge in [-0.1, -0.05) is 30.3 Å². The van der Waals surface area contributed by atoms with Crippen LogP contribution in [0, 0.1) is 0 Å². The van der Waals surface area contributed by atoms with Gasteiger partial charge >= 0.3 is 6.03 Å². The van der Waals surface area contributed by atoms with Crippen LogP contribution in [-0.2, 0) is 4.79 Å². The second-order valence-corrected chi connectivity index (χ2v) is 8.11. The van der Waals surface area contributed by atoms with E-state index in [-0.39, 0.29) is 11.9 Å². The molecule has 0 aliphatic carbocycles. The van der Waals surface area contributed by atoms with E-state index in [1.165, 1.54) is 10.5 Å². The number of hydrogen-bond donors (Lipinski definition) is 1. The van der Waals surface area contributed by atoms with E-state index >= 15 is 0 Å². The lowest BCUT2D eigenvalue weighted by Gasteiger charge is -2.31. The maximum absolute atomic E-state index is 12.9. The summed E-state index contributed by atoms with van der Waals surface area (Å²) in [4.78, 5) is 29.1. The van der Waals surface area contributed by atoms with Gasteiger partial charge in [-0.15, -0.1) is 0 Å². The van der Waals surface area contributed by atoms with Gasteiger partial charge in [-0.25, -0.2) is 9.69 Å². The fourth-order valence-electron chi connectivity index (χ4n) is 4.09. The number of benzene rings is 1. The van der Waals surface area contributed by atoms with Gasteiger partial charge in [0.05, 0.1) is 6.67 Å². The van der Waals surface area contributed by atoms with E-state index in [1.54, 1.807) is 0 Å². The van der Waals surface area contributed by atoms with Crippen LogP contribution in [0.4, 0.5) is 4.79 Å². The zero-order valence-corrected chi connectivity index (χ0v) is 14.6. The Morgan fingerprint density at radius 2 is 1.92 bits per heavy atom. The zero-order chi connectivity index (χ0) is 16.6. The molecule has 6 heteroatoms. The minimum absolute atomic E-state index is 0.0217. The maximum Gasteiger partial charge on any atom is 0.326 e. The molecule has 1 N–H and O–H groups in total. The number of likely N-dealkylation sites (tertiary alicyclic amines) is 1. The molecule has 0 radical (unpaired) electrons. The SMILES string of the molecule is O=C1NC2(CCSCC2)C(=O)N1CN1CCCC1c1ccccc1. The Bertz CT molecular complexity index is 630. The quantitative estimate of drug-likeness (QED) is 0.856. The van der Waals surface area contributed by atoms with Crippen LogP contribution < -0.4 is 5.32 Å². The normalized spacial score (nSPS) is 27.0. The van der Waals surface area contributed by atoms with Crippen molar-refractivity contribution in [2.75, 3.05) is 24.7 Å². The lowest BCUT2D eigenvalue weighted by Crippen LogP contribution is -2.50. The van der Waals surface area contributed by atoms with Gasteiger partial charge in [0, 0.05) is 12.6 Å². The fourth-order valence-corrected chi connectivity index (χ4v) is 5.28. The summed E-state index contributed by atoms with van der Waals surface area (Å²) in [5.74, 6) is 1.86. The largest absolute Gasteiger partial charge is 0.326 e. The molecule has 3 amide bonds. The standard InChI is InChI=1S/C18H23N3O2S/c22-16-18(8-11-24-12-9-18)19-17(23)21(16)13-20-10-4-7-15(20)14-5-2-1-3-6-14/h1-3,5-6,15H,4,7-13H2,(H,19,23). The maximum atomic E-state index is 12.9. The first kappa shape index (κ1) is 16.0. The van der Waals surface area contributed by atoms with Crippen LogP contribution in [0.15, 0.2) is 30.3 Å². The van der Waals surface area contributed by atoms with E-state index in [0.29, 0.717) is 12.7 Å². The van der Waals surface area contributed by atoms with Crippen LogP contribution >= 0.6 is 11.8 Å². The Hall–Kier alpha value is -1.53.